The van der Waals surface area contributed by atoms with E-state index in [9.17, 15) is 8.42 Å². The lowest BCUT2D eigenvalue weighted by molar-refractivity contribution is 0.556. The lowest BCUT2D eigenvalue weighted by Gasteiger charge is -2.04. The summed E-state index contributed by atoms with van der Waals surface area (Å²) < 4.78 is 22.8. The minimum Gasteiger partial charge on any atom is -0.224 e. The predicted octanol–water partition coefficient (Wildman–Crippen LogP) is 5.55. The Morgan fingerprint density at radius 1 is 0.727 bits per heavy atom. The van der Waals surface area contributed by atoms with Crippen LogP contribution in [0.4, 0.5) is 0 Å². The molecule has 1 rings (SSSR count). The average molecular weight is 325 g/mol. The van der Waals surface area contributed by atoms with Gasteiger partial charge >= 0.3 is 0 Å². The lowest BCUT2D eigenvalue weighted by atomic mass is 10.0. The molecule has 0 saturated heterocycles. The first-order valence-electron chi connectivity index (χ1n) is 8.83. The van der Waals surface area contributed by atoms with Crippen LogP contribution in [0.25, 0.3) is 0 Å². The molecule has 1 aromatic rings. The maximum atomic E-state index is 11.4. The van der Waals surface area contributed by atoms with Crippen LogP contribution < -0.4 is 0 Å². The maximum Gasteiger partial charge on any atom is 0.175 e. The molecule has 126 valence electrons. The molecular weight excluding hydrogens is 292 g/mol. The van der Waals surface area contributed by atoms with Crippen LogP contribution in [0.5, 0.6) is 0 Å². The van der Waals surface area contributed by atoms with E-state index in [2.05, 4.69) is 6.92 Å². The minimum absolute atomic E-state index is 0.416. The highest BCUT2D eigenvalue weighted by Crippen LogP contribution is 2.14. The summed E-state index contributed by atoms with van der Waals surface area (Å²) in [7, 11) is -3.06. The molecule has 0 aromatic heterocycles. The molecule has 2 nitrogen and oxygen atoms in total. The topological polar surface area (TPSA) is 34.1 Å². The summed E-state index contributed by atoms with van der Waals surface area (Å²) in [4.78, 5) is 0.416. The van der Waals surface area contributed by atoms with Crippen molar-refractivity contribution in [2.75, 3.05) is 6.26 Å². The van der Waals surface area contributed by atoms with Crippen molar-refractivity contribution in [1.82, 2.24) is 0 Å². The molecule has 0 aliphatic heterocycles. The number of sulfone groups is 1. The van der Waals surface area contributed by atoms with Crippen LogP contribution in [0.15, 0.2) is 29.2 Å². The summed E-state index contributed by atoms with van der Waals surface area (Å²) in [6, 6.07) is 7.34. The zero-order chi connectivity index (χ0) is 16.3. The van der Waals surface area contributed by atoms with Gasteiger partial charge in [0.25, 0.3) is 0 Å². The average Bonchev–Trinajstić information content (AvgIpc) is 2.49. The van der Waals surface area contributed by atoms with E-state index < -0.39 is 9.84 Å². The van der Waals surface area contributed by atoms with Gasteiger partial charge in [0.15, 0.2) is 9.84 Å². The third kappa shape index (κ3) is 8.57. The van der Waals surface area contributed by atoms with Gasteiger partial charge in [-0.1, -0.05) is 76.8 Å². The Hall–Kier alpha value is -0.830. The smallest absolute Gasteiger partial charge is 0.175 e. The molecule has 0 unspecified atom stereocenters. The van der Waals surface area contributed by atoms with E-state index in [0.29, 0.717) is 4.90 Å². The van der Waals surface area contributed by atoms with Crippen LogP contribution in [0.1, 0.15) is 76.7 Å². The number of unbranched alkanes of at least 4 members (excludes halogenated alkanes) is 9. The predicted molar refractivity (Wildman–Crippen MR) is 95.1 cm³/mol. The summed E-state index contributed by atoms with van der Waals surface area (Å²) in [5.74, 6) is 0. The number of rotatable bonds is 12. The van der Waals surface area contributed by atoms with E-state index >= 15 is 0 Å². The number of hydrogen-bond acceptors (Lipinski definition) is 2. The van der Waals surface area contributed by atoms with Crippen LogP contribution in [0.2, 0.25) is 0 Å². The zero-order valence-corrected chi connectivity index (χ0v) is 15.1. The molecule has 0 N–H and O–H groups in total. The molecule has 0 heterocycles. The molecule has 0 aliphatic rings. The SMILES string of the molecule is CCCCCCCCCCCCc1ccc(S(C)(=O)=O)cc1. The molecule has 22 heavy (non-hydrogen) atoms. The summed E-state index contributed by atoms with van der Waals surface area (Å²) in [5.41, 5.74) is 1.24. The van der Waals surface area contributed by atoms with E-state index in [4.69, 9.17) is 0 Å². The Balaban J connectivity index is 2.05. The second-order valence-electron chi connectivity index (χ2n) is 6.35. The van der Waals surface area contributed by atoms with E-state index in [1.807, 2.05) is 12.1 Å². The third-order valence-corrected chi connectivity index (χ3v) is 5.30. The molecule has 0 aliphatic carbocycles. The molecule has 1 aromatic carbocycles. The van der Waals surface area contributed by atoms with E-state index in [1.54, 1.807) is 12.1 Å². The quantitative estimate of drug-likeness (QED) is 0.472. The van der Waals surface area contributed by atoms with Crippen molar-refractivity contribution in [3.05, 3.63) is 29.8 Å². The monoisotopic (exact) mass is 324 g/mol. The van der Waals surface area contributed by atoms with Gasteiger partial charge in [0.2, 0.25) is 0 Å². The van der Waals surface area contributed by atoms with Crippen LogP contribution in [0.3, 0.4) is 0 Å². The normalized spacial score (nSPS) is 11.7. The molecule has 3 heteroatoms. The molecule has 0 fully saturated rings. The van der Waals surface area contributed by atoms with Crippen molar-refractivity contribution in [1.29, 1.82) is 0 Å². The van der Waals surface area contributed by atoms with Gasteiger partial charge in [-0.25, -0.2) is 8.42 Å². The number of benzene rings is 1. The Bertz CT molecular complexity index is 489. The summed E-state index contributed by atoms with van der Waals surface area (Å²) in [5, 5.41) is 0. The van der Waals surface area contributed by atoms with Gasteiger partial charge in [-0.15, -0.1) is 0 Å². The van der Waals surface area contributed by atoms with E-state index in [0.717, 1.165) is 6.42 Å². The lowest BCUT2D eigenvalue weighted by Crippen LogP contribution is -1.97. The molecule has 0 spiro atoms. The molecule has 0 saturated carbocycles. The number of aryl methyl sites for hydroxylation is 1. The second-order valence-corrected chi connectivity index (χ2v) is 8.36. The van der Waals surface area contributed by atoms with Crippen molar-refractivity contribution in [2.24, 2.45) is 0 Å². The highest BCUT2D eigenvalue weighted by molar-refractivity contribution is 7.90. The fourth-order valence-corrected chi connectivity index (χ4v) is 3.35. The Morgan fingerprint density at radius 3 is 1.64 bits per heavy atom. The molecule has 0 bridgehead atoms. The first-order chi connectivity index (χ1) is 10.5. The fourth-order valence-electron chi connectivity index (χ4n) is 2.72. The van der Waals surface area contributed by atoms with Crippen molar-refractivity contribution >= 4 is 9.84 Å². The van der Waals surface area contributed by atoms with E-state index in [1.165, 1.54) is 76.0 Å². The summed E-state index contributed by atoms with van der Waals surface area (Å²) >= 11 is 0. The van der Waals surface area contributed by atoms with Gasteiger partial charge in [-0.05, 0) is 30.5 Å². The Morgan fingerprint density at radius 2 is 1.18 bits per heavy atom. The van der Waals surface area contributed by atoms with Crippen LogP contribution >= 0.6 is 0 Å². The van der Waals surface area contributed by atoms with Crippen LogP contribution in [-0.2, 0) is 16.3 Å². The van der Waals surface area contributed by atoms with Gasteiger partial charge < -0.3 is 0 Å². The molecular formula is C19H32O2S. The van der Waals surface area contributed by atoms with Crippen molar-refractivity contribution in [3.63, 3.8) is 0 Å². The zero-order valence-electron chi connectivity index (χ0n) is 14.3. The minimum atomic E-state index is -3.06. The van der Waals surface area contributed by atoms with Crippen LogP contribution in [-0.4, -0.2) is 14.7 Å². The van der Waals surface area contributed by atoms with Gasteiger partial charge in [-0.3, -0.25) is 0 Å². The van der Waals surface area contributed by atoms with Crippen molar-refractivity contribution < 1.29 is 8.42 Å². The first-order valence-corrected chi connectivity index (χ1v) is 10.7. The highest BCUT2D eigenvalue weighted by atomic mass is 32.2. The summed E-state index contributed by atoms with van der Waals surface area (Å²) in [6.45, 7) is 2.26. The molecule has 0 amide bonds. The third-order valence-electron chi connectivity index (χ3n) is 4.17. The van der Waals surface area contributed by atoms with E-state index in [-0.39, 0.29) is 0 Å². The van der Waals surface area contributed by atoms with Gasteiger partial charge in [0.05, 0.1) is 4.90 Å². The fraction of sp³-hybridized carbons (Fsp3) is 0.684. The Kier molecular flexibility index (Phi) is 9.45. The largest absolute Gasteiger partial charge is 0.224 e. The number of hydrogen-bond donors (Lipinski definition) is 0. The van der Waals surface area contributed by atoms with Crippen molar-refractivity contribution in [2.45, 2.75) is 82.4 Å². The molecule has 0 radical (unpaired) electrons. The van der Waals surface area contributed by atoms with Gasteiger partial charge in [0, 0.05) is 6.26 Å². The summed E-state index contributed by atoms with van der Waals surface area (Å²) in [6.07, 6.45) is 15.8. The maximum absolute atomic E-state index is 11.4. The van der Waals surface area contributed by atoms with Crippen molar-refractivity contribution in [3.8, 4) is 0 Å². The standard InChI is InChI=1S/C19H32O2S/c1-3-4-5-6-7-8-9-10-11-12-13-18-14-16-19(17-15-18)22(2,20)21/h14-17H,3-13H2,1-2H3. The van der Waals surface area contributed by atoms with Gasteiger partial charge in [0.1, 0.15) is 0 Å². The van der Waals surface area contributed by atoms with Gasteiger partial charge in [-0.2, -0.15) is 0 Å². The highest BCUT2D eigenvalue weighted by Gasteiger charge is 2.05. The molecule has 0 atom stereocenters. The van der Waals surface area contributed by atoms with Crippen LogP contribution in [0, 0.1) is 0 Å². The Labute approximate surface area is 137 Å². The first kappa shape index (κ1) is 19.2. The second kappa shape index (κ2) is 10.8.